The van der Waals surface area contributed by atoms with Gasteiger partial charge in [-0.15, -0.1) is 0 Å². The fourth-order valence-electron chi connectivity index (χ4n) is 1.19. The van der Waals surface area contributed by atoms with E-state index in [9.17, 15) is 4.79 Å². The van der Waals surface area contributed by atoms with E-state index in [0.29, 0.717) is 0 Å². The molecule has 0 saturated heterocycles. The van der Waals surface area contributed by atoms with Crippen LogP contribution < -0.4 is 5.32 Å². The van der Waals surface area contributed by atoms with Crippen molar-refractivity contribution in [3.05, 3.63) is 33.1 Å². The molecule has 7 heteroatoms. The first-order chi connectivity index (χ1) is 9.47. The van der Waals surface area contributed by atoms with Gasteiger partial charge in [-0.2, -0.15) is 0 Å². The molecule has 0 fully saturated rings. The molecule has 0 amide bonds. The van der Waals surface area contributed by atoms with Gasteiger partial charge in [-0.3, -0.25) is 4.79 Å². The van der Waals surface area contributed by atoms with Crippen LogP contribution in [0.2, 0.25) is 5.02 Å². The van der Waals surface area contributed by atoms with E-state index in [4.69, 9.17) is 11.6 Å². The summed E-state index contributed by atoms with van der Waals surface area (Å²) >= 11 is 10.9. The third-order valence-electron chi connectivity index (χ3n) is 2.20. The monoisotopic (exact) mass is 376 g/mol. The van der Waals surface area contributed by atoms with Crippen molar-refractivity contribution in [2.24, 2.45) is 0 Å². The summed E-state index contributed by atoms with van der Waals surface area (Å²) < 4.78 is 5.13. The maximum Gasteiger partial charge on any atom is 0.302 e. The number of anilines is 1. The molecule has 0 spiro atoms. The van der Waals surface area contributed by atoms with Crippen molar-refractivity contribution < 1.29 is 9.53 Å². The smallest absolute Gasteiger partial charge is 0.302 e. The normalized spacial score (nSPS) is 9.45. The second-order valence-corrected chi connectivity index (χ2v) is 6.35. The number of benzene rings is 1. The Hall–Kier alpha value is -1.11. The summed E-state index contributed by atoms with van der Waals surface area (Å²) in [6.45, 7) is 1.36. The number of nitrogens with zero attached hydrogens (tertiary/aromatic N) is 1. The number of nitrogens with one attached hydrogen (secondary N) is 1. The van der Waals surface area contributed by atoms with Crippen molar-refractivity contribution in [1.29, 1.82) is 0 Å². The molecule has 0 unspecified atom stereocenters. The second kappa shape index (κ2) is 8.24. The summed E-state index contributed by atoms with van der Waals surface area (Å²) in [6.07, 6.45) is 0. The quantitative estimate of drug-likeness (QED) is 0.786. The maximum atomic E-state index is 9.59. The Morgan fingerprint density at radius 3 is 2.35 bits per heavy atom. The molecule has 20 heavy (non-hydrogen) atoms. The molecule has 0 atom stereocenters. The van der Waals surface area contributed by atoms with Crippen LogP contribution in [-0.2, 0) is 9.53 Å². The molecule has 1 heterocycles. The van der Waals surface area contributed by atoms with Crippen LogP contribution in [0.4, 0.5) is 5.13 Å². The number of carbonyl (C=O) groups excluding carboxylic acids is 1. The van der Waals surface area contributed by atoms with Crippen molar-refractivity contribution in [1.82, 2.24) is 4.98 Å². The van der Waals surface area contributed by atoms with Gasteiger partial charge in [0.25, 0.3) is 0 Å². The van der Waals surface area contributed by atoms with Crippen LogP contribution >= 0.6 is 38.9 Å². The molecule has 1 N–H and O–H groups in total. The Labute approximate surface area is 135 Å². The van der Waals surface area contributed by atoms with E-state index in [1.807, 2.05) is 31.3 Å². The van der Waals surface area contributed by atoms with E-state index in [2.05, 4.69) is 31.0 Å². The molecule has 0 radical (unpaired) electrons. The molecule has 108 valence electrons. The third-order valence-corrected chi connectivity index (χ3v) is 4.18. The summed E-state index contributed by atoms with van der Waals surface area (Å²) in [4.78, 5) is 14.0. The predicted molar refractivity (Wildman–Crippen MR) is 87.5 cm³/mol. The van der Waals surface area contributed by atoms with E-state index in [-0.39, 0.29) is 5.97 Å². The highest BCUT2D eigenvalue weighted by Gasteiger charge is 2.09. The summed E-state index contributed by atoms with van der Waals surface area (Å²) in [6, 6.07) is 7.65. The highest BCUT2D eigenvalue weighted by Crippen LogP contribution is 2.35. The average molecular weight is 378 g/mol. The van der Waals surface area contributed by atoms with Crippen molar-refractivity contribution in [3.8, 4) is 11.3 Å². The molecule has 2 rings (SSSR count). The molecular formula is C13H14BrClN2O2S. The summed E-state index contributed by atoms with van der Waals surface area (Å²) in [5.41, 5.74) is 2.00. The zero-order valence-electron chi connectivity index (χ0n) is 11.2. The van der Waals surface area contributed by atoms with Gasteiger partial charge in [0.05, 0.1) is 16.6 Å². The number of hydrogen-bond acceptors (Lipinski definition) is 5. The minimum Gasteiger partial charge on any atom is -0.469 e. The molecular weight excluding hydrogens is 364 g/mol. The number of methoxy groups -OCH3 is 1. The van der Waals surface area contributed by atoms with Gasteiger partial charge in [0.1, 0.15) is 0 Å². The molecule has 1 aromatic carbocycles. The highest BCUT2D eigenvalue weighted by molar-refractivity contribution is 9.11. The molecule has 0 aliphatic heterocycles. The average Bonchev–Trinajstić information content (AvgIpc) is 2.81. The number of thiazole rings is 1. The first kappa shape index (κ1) is 16.9. The second-order valence-electron chi connectivity index (χ2n) is 3.59. The van der Waals surface area contributed by atoms with Gasteiger partial charge in [-0.1, -0.05) is 35.1 Å². The minimum atomic E-state index is -0.245. The van der Waals surface area contributed by atoms with Crippen LogP contribution in [0.15, 0.2) is 28.1 Å². The van der Waals surface area contributed by atoms with Gasteiger partial charge in [0, 0.05) is 24.6 Å². The van der Waals surface area contributed by atoms with Crippen LogP contribution in [0.1, 0.15) is 6.92 Å². The molecule has 0 saturated carbocycles. The fourth-order valence-corrected chi connectivity index (χ4v) is 2.77. The lowest BCUT2D eigenvalue weighted by atomic mass is 10.2. The lowest BCUT2D eigenvalue weighted by Gasteiger charge is -1.97. The zero-order chi connectivity index (χ0) is 15.1. The Morgan fingerprint density at radius 2 is 1.95 bits per heavy atom. The number of aromatic nitrogens is 1. The molecule has 4 nitrogen and oxygen atoms in total. The van der Waals surface area contributed by atoms with Crippen molar-refractivity contribution in [2.75, 3.05) is 19.5 Å². The van der Waals surface area contributed by atoms with Crippen molar-refractivity contribution >= 4 is 50.0 Å². The Balaban J connectivity index is 0.000000347. The Kier molecular flexibility index (Phi) is 6.98. The van der Waals surface area contributed by atoms with Gasteiger partial charge in [0.15, 0.2) is 5.13 Å². The fraction of sp³-hybridized carbons (Fsp3) is 0.231. The van der Waals surface area contributed by atoms with Crippen molar-refractivity contribution in [2.45, 2.75) is 6.92 Å². The van der Waals surface area contributed by atoms with Crippen LogP contribution in [0.3, 0.4) is 0 Å². The van der Waals surface area contributed by atoms with E-state index < -0.39 is 0 Å². The van der Waals surface area contributed by atoms with Gasteiger partial charge in [0.2, 0.25) is 0 Å². The predicted octanol–water partition coefficient (Wildman–Crippen LogP) is 4.45. The number of carbonyl (C=O) groups is 1. The summed E-state index contributed by atoms with van der Waals surface area (Å²) in [5, 5.41) is 4.65. The zero-order valence-corrected chi connectivity index (χ0v) is 14.4. The van der Waals surface area contributed by atoms with Gasteiger partial charge in [-0.05, 0) is 28.1 Å². The molecule has 0 aliphatic carbocycles. The molecule has 2 aromatic rings. The van der Waals surface area contributed by atoms with Gasteiger partial charge >= 0.3 is 5.97 Å². The maximum absolute atomic E-state index is 9.59. The van der Waals surface area contributed by atoms with Crippen LogP contribution in [0.5, 0.6) is 0 Å². The van der Waals surface area contributed by atoms with Crippen LogP contribution in [-0.4, -0.2) is 25.1 Å². The first-order valence-corrected chi connectivity index (χ1v) is 7.61. The number of esters is 1. The van der Waals surface area contributed by atoms with E-state index in [1.54, 1.807) is 11.3 Å². The summed E-state index contributed by atoms with van der Waals surface area (Å²) in [5.74, 6) is -0.245. The summed E-state index contributed by atoms with van der Waals surface area (Å²) in [7, 11) is 3.21. The van der Waals surface area contributed by atoms with Crippen LogP contribution in [0, 0.1) is 0 Å². The van der Waals surface area contributed by atoms with Gasteiger partial charge in [-0.25, -0.2) is 4.98 Å². The number of ether oxygens (including phenoxy) is 1. The largest absolute Gasteiger partial charge is 0.469 e. The van der Waals surface area contributed by atoms with E-state index in [1.165, 1.54) is 14.0 Å². The molecule has 0 aliphatic rings. The number of hydrogen-bond donors (Lipinski definition) is 1. The first-order valence-electron chi connectivity index (χ1n) is 5.62. The lowest BCUT2D eigenvalue weighted by molar-refractivity contribution is -0.137. The van der Waals surface area contributed by atoms with E-state index >= 15 is 0 Å². The SMILES string of the molecule is CNc1nc(-c2ccc(Cl)cc2)c(Br)s1.COC(C)=O. The van der Waals surface area contributed by atoms with Crippen molar-refractivity contribution in [3.63, 3.8) is 0 Å². The lowest BCUT2D eigenvalue weighted by Crippen LogP contribution is -1.88. The molecule has 1 aromatic heterocycles. The minimum absolute atomic E-state index is 0.245. The Bertz CT molecular complexity index is 572. The Morgan fingerprint density at radius 1 is 1.40 bits per heavy atom. The van der Waals surface area contributed by atoms with Gasteiger partial charge < -0.3 is 10.1 Å². The standard InChI is InChI=1S/C10H8BrClN2S.C3H6O2/c1-13-10-14-8(9(11)15-10)6-2-4-7(12)5-3-6;1-3(4)5-2/h2-5H,1H3,(H,13,14);1-2H3. The van der Waals surface area contributed by atoms with Crippen LogP contribution in [0.25, 0.3) is 11.3 Å². The highest BCUT2D eigenvalue weighted by atomic mass is 79.9. The third kappa shape index (κ3) is 5.11. The topological polar surface area (TPSA) is 51.2 Å². The van der Waals surface area contributed by atoms with E-state index in [0.717, 1.165) is 25.2 Å². The number of rotatable bonds is 2. The number of halogens is 2. The molecule has 0 bridgehead atoms.